The average Bonchev–Trinajstić information content (AvgIpc) is 3.05. The number of hydrogen-bond acceptors (Lipinski definition) is 1. The first kappa shape index (κ1) is 10.6. The van der Waals surface area contributed by atoms with Gasteiger partial charge < -0.3 is 5.32 Å². The summed E-state index contributed by atoms with van der Waals surface area (Å²) in [5.41, 5.74) is 0.855. The molecule has 1 atom stereocenters. The standard InChI is InChI=1S/C13H18FN/c1-2-10(9-15-11-7-8-11)12-5-3-4-6-13(12)14/h3-6,10-11,15H,2,7-9H2,1H3. The molecule has 1 aliphatic carbocycles. The molecule has 82 valence electrons. The van der Waals surface area contributed by atoms with Crippen LogP contribution in [0.15, 0.2) is 24.3 Å². The summed E-state index contributed by atoms with van der Waals surface area (Å²) >= 11 is 0. The summed E-state index contributed by atoms with van der Waals surface area (Å²) in [7, 11) is 0. The molecule has 0 aliphatic heterocycles. The Balaban J connectivity index is 2.00. The number of nitrogens with one attached hydrogen (secondary N) is 1. The predicted octanol–water partition coefficient (Wildman–Crippen LogP) is 3.07. The lowest BCUT2D eigenvalue weighted by molar-refractivity contribution is 0.529. The van der Waals surface area contributed by atoms with Crippen LogP contribution >= 0.6 is 0 Å². The topological polar surface area (TPSA) is 12.0 Å². The third-order valence-electron chi connectivity index (χ3n) is 3.07. The van der Waals surface area contributed by atoms with Crippen LogP contribution in [0, 0.1) is 5.82 Å². The third-order valence-corrected chi connectivity index (χ3v) is 3.07. The molecule has 1 fully saturated rings. The van der Waals surface area contributed by atoms with Gasteiger partial charge in [0, 0.05) is 12.6 Å². The fraction of sp³-hybridized carbons (Fsp3) is 0.538. The monoisotopic (exact) mass is 207 g/mol. The maximum absolute atomic E-state index is 13.5. The largest absolute Gasteiger partial charge is 0.313 e. The Morgan fingerprint density at radius 2 is 2.13 bits per heavy atom. The zero-order valence-corrected chi connectivity index (χ0v) is 9.17. The van der Waals surface area contributed by atoms with Crippen molar-refractivity contribution in [3.05, 3.63) is 35.6 Å². The Morgan fingerprint density at radius 1 is 1.40 bits per heavy atom. The highest BCUT2D eigenvalue weighted by Crippen LogP contribution is 2.24. The van der Waals surface area contributed by atoms with E-state index in [0.29, 0.717) is 12.0 Å². The summed E-state index contributed by atoms with van der Waals surface area (Å²) in [6.07, 6.45) is 3.56. The van der Waals surface area contributed by atoms with E-state index in [1.54, 1.807) is 12.1 Å². The number of benzene rings is 1. The fourth-order valence-corrected chi connectivity index (χ4v) is 1.88. The van der Waals surface area contributed by atoms with Crippen LogP contribution in [0.5, 0.6) is 0 Å². The molecule has 0 radical (unpaired) electrons. The highest BCUT2D eigenvalue weighted by molar-refractivity contribution is 5.22. The Kier molecular flexibility index (Phi) is 3.37. The van der Waals surface area contributed by atoms with Gasteiger partial charge in [-0.05, 0) is 36.8 Å². The molecule has 2 heteroatoms. The van der Waals surface area contributed by atoms with Crippen molar-refractivity contribution in [3.63, 3.8) is 0 Å². The van der Waals surface area contributed by atoms with Gasteiger partial charge in [0.25, 0.3) is 0 Å². The number of rotatable bonds is 5. The second-order valence-electron chi connectivity index (χ2n) is 4.31. The molecule has 0 spiro atoms. The first-order valence-corrected chi connectivity index (χ1v) is 5.79. The van der Waals surface area contributed by atoms with Gasteiger partial charge in [-0.25, -0.2) is 4.39 Å². The molecular weight excluding hydrogens is 189 g/mol. The van der Waals surface area contributed by atoms with E-state index in [0.717, 1.165) is 18.5 Å². The summed E-state index contributed by atoms with van der Waals surface area (Å²) in [5, 5.41) is 3.47. The Morgan fingerprint density at radius 3 is 2.73 bits per heavy atom. The van der Waals surface area contributed by atoms with Crippen molar-refractivity contribution < 1.29 is 4.39 Å². The summed E-state index contributed by atoms with van der Waals surface area (Å²) < 4.78 is 13.5. The second kappa shape index (κ2) is 4.75. The van der Waals surface area contributed by atoms with Crippen LogP contribution in [0.1, 0.15) is 37.7 Å². The predicted molar refractivity (Wildman–Crippen MR) is 60.5 cm³/mol. The summed E-state index contributed by atoms with van der Waals surface area (Å²) in [6.45, 7) is 3.02. The van der Waals surface area contributed by atoms with E-state index in [2.05, 4.69) is 12.2 Å². The van der Waals surface area contributed by atoms with E-state index in [-0.39, 0.29) is 5.82 Å². The van der Waals surface area contributed by atoms with Crippen molar-refractivity contribution in [2.45, 2.75) is 38.1 Å². The van der Waals surface area contributed by atoms with Crippen LogP contribution in [0.25, 0.3) is 0 Å². The van der Waals surface area contributed by atoms with Crippen molar-refractivity contribution >= 4 is 0 Å². The molecule has 1 aromatic rings. The van der Waals surface area contributed by atoms with Crippen molar-refractivity contribution in [1.82, 2.24) is 5.32 Å². The molecule has 2 rings (SSSR count). The SMILES string of the molecule is CCC(CNC1CC1)c1ccccc1F. The van der Waals surface area contributed by atoms with Crippen LogP contribution in [0.3, 0.4) is 0 Å². The molecule has 15 heavy (non-hydrogen) atoms. The average molecular weight is 207 g/mol. The smallest absolute Gasteiger partial charge is 0.126 e. The minimum Gasteiger partial charge on any atom is -0.313 e. The van der Waals surface area contributed by atoms with Crippen LogP contribution in [-0.4, -0.2) is 12.6 Å². The van der Waals surface area contributed by atoms with Gasteiger partial charge in [0.15, 0.2) is 0 Å². The second-order valence-corrected chi connectivity index (χ2v) is 4.31. The Bertz CT molecular complexity index is 320. The number of hydrogen-bond donors (Lipinski definition) is 1. The molecule has 1 aliphatic rings. The van der Waals surface area contributed by atoms with Crippen molar-refractivity contribution in [3.8, 4) is 0 Å². The van der Waals surface area contributed by atoms with Gasteiger partial charge in [0.1, 0.15) is 5.82 Å². The summed E-state index contributed by atoms with van der Waals surface area (Å²) in [5.74, 6) is 0.244. The van der Waals surface area contributed by atoms with Crippen LogP contribution in [-0.2, 0) is 0 Å². The van der Waals surface area contributed by atoms with E-state index in [4.69, 9.17) is 0 Å². The van der Waals surface area contributed by atoms with E-state index in [1.165, 1.54) is 12.8 Å². The zero-order valence-electron chi connectivity index (χ0n) is 9.17. The van der Waals surface area contributed by atoms with Gasteiger partial charge in [-0.2, -0.15) is 0 Å². The molecule has 0 amide bonds. The molecule has 1 unspecified atom stereocenters. The third kappa shape index (κ3) is 2.78. The molecule has 1 nitrogen and oxygen atoms in total. The fourth-order valence-electron chi connectivity index (χ4n) is 1.88. The molecule has 1 N–H and O–H groups in total. The van der Waals surface area contributed by atoms with Gasteiger partial charge in [-0.15, -0.1) is 0 Å². The highest BCUT2D eigenvalue weighted by atomic mass is 19.1. The van der Waals surface area contributed by atoms with Gasteiger partial charge in [0.05, 0.1) is 0 Å². The lowest BCUT2D eigenvalue weighted by atomic mass is 9.96. The first-order chi connectivity index (χ1) is 7.31. The first-order valence-electron chi connectivity index (χ1n) is 5.79. The Hall–Kier alpha value is -0.890. The maximum Gasteiger partial charge on any atom is 0.126 e. The van der Waals surface area contributed by atoms with Crippen LogP contribution in [0.2, 0.25) is 0 Å². The zero-order chi connectivity index (χ0) is 10.7. The summed E-state index contributed by atoms with van der Waals surface area (Å²) in [4.78, 5) is 0. The molecule has 0 saturated heterocycles. The van der Waals surface area contributed by atoms with Gasteiger partial charge in [-0.1, -0.05) is 25.1 Å². The quantitative estimate of drug-likeness (QED) is 0.782. The van der Waals surface area contributed by atoms with Crippen LogP contribution < -0.4 is 5.32 Å². The molecule has 0 heterocycles. The summed E-state index contributed by atoms with van der Waals surface area (Å²) in [6, 6.07) is 7.82. The molecule has 0 aromatic heterocycles. The van der Waals surface area contributed by atoms with Crippen molar-refractivity contribution in [2.24, 2.45) is 0 Å². The lowest BCUT2D eigenvalue weighted by Gasteiger charge is -2.16. The number of halogens is 1. The maximum atomic E-state index is 13.5. The minimum absolute atomic E-state index is 0.0676. The van der Waals surface area contributed by atoms with Gasteiger partial charge in [0.2, 0.25) is 0 Å². The van der Waals surface area contributed by atoms with Crippen molar-refractivity contribution in [2.75, 3.05) is 6.54 Å². The van der Waals surface area contributed by atoms with E-state index >= 15 is 0 Å². The Labute approximate surface area is 90.7 Å². The van der Waals surface area contributed by atoms with Crippen molar-refractivity contribution in [1.29, 1.82) is 0 Å². The van der Waals surface area contributed by atoms with Gasteiger partial charge >= 0.3 is 0 Å². The lowest BCUT2D eigenvalue weighted by Crippen LogP contribution is -2.23. The minimum atomic E-state index is -0.0676. The van der Waals surface area contributed by atoms with Crippen LogP contribution in [0.4, 0.5) is 4.39 Å². The van der Waals surface area contributed by atoms with E-state index in [1.807, 2.05) is 12.1 Å². The molecule has 0 bridgehead atoms. The van der Waals surface area contributed by atoms with E-state index < -0.39 is 0 Å². The van der Waals surface area contributed by atoms with Gasteiger partial charge in [-0.3, -0.25) is 0 Å². The molecule has 1 saturated carbocycles. The molecule has 1 aromatic carbocycles. The van der Waals surface area contributed by atoms with E-state index in [9.17, 15) is 4.39 Å². The normalized spacial score (nSPS) is 17.7. The highest BCUT2D eigenvalue weighted by Gasteiger charge is 2.22. The molecular formula is C13H18FN.